The summed E-state index contributed by atoms with van der Waals surface area (Å²) in [7, 11) is 1.72. The summed E-state index contributed by atoms with van der Waals surface area (Å²) in [6.07, 6.45) is 12.0. The highest BCUT2D eigenvalue weighted by Crippen LogP contribution is 2.34. The molecule has 1 N–H and O–H groups in total. The summed E-state index contributed by atoms with van der Waals surface area (Å²) >= 11 is 0. The average Bonchev–Trinajstić information content (AvgIpc) is 2.91. The Morgan fingerprint density at radius 2 is 1.54 bits per heavy atom. The van der Waals surface area contributed by atoms with Gasteiger partial charge in [-0.3, -0.25) is 9.59 Å². The molecule has 2 aromatic carbocycles. The van der Waals surface area contributed by atoms with E-state index in [0.717, 1.165) is 36.6 Å². The Bertz CT molecular complexity index is 1230. The van der Waals surface area contributed by atoms with Crippen molar-refractivity contribution in [3.8, 4) is 11.5 Å². The van der Waals surface area contributed by atoms with Crippen molar-refractivity contribution in [1.82, 2.24) is 4.57 Å². The Morgan fingerprint density at radius 1 is 0.865 bits per heavy atom. The van der Waals surface area contributed by atoms with Crippen molar-refractivity contribution in [3.05, 3.63) is 70.5 Å². The molecule has 6 heteroatoms. The first kappa shape index (κ1) is 28.0. The molecule has 1 amide bonds. The van der Waals surface area contributed by atoms with Gasteiger partial charge in [-0.05, 0) is 42.7 Å². The molecule has 0 unspecified atom stereocenters. The van der Waals surface area contributed by atoms with Crippen LogP contribution in [0.2, 0.25) is 0 Å². The lowest BCUT2D eigenvalue weighted by molar-refractivity contribution is -0.111. The molecule has 0 radical (unpaired) electrons. The van der Waals surface area contributed by atoms with Gasteiger partial charge in [0.2, 0.25) is 11.7 Å². The summed E-state index contributed by atoms with van der Waals surface area (Å²) in [5.41, 5.74) is 1.98. The minimum absolute atomic E-state index is 0.238. The van der Waals surface area contributed by atoms with Crippen LogP contribution in [0.15, 0.2) is 59.4 Å². The predicted molar refractivity (Wildman–Crippen MR) is 153 cm³/mol. The zero-order chi connectivity index (χ0) is 26.5. The van der Waals surface area contributed by atoms with Crippen molar-refractivity contribution >= 4 is 28.6 Å². The summed E-state index contributed by atoms with van der Waals surface area (Å²) < 4.78 is 13.7. The molecular formula is C31H40N2O4. The maximum absolute atomic E-state index is 13.3. The van der Waals surface area contributed by atoms with Crippen LogP contribution < -0.4 is 20.3 Å². The molecule has 3 aromatic rings. The first-order valence-corrected chi connectivity index (χ1v) is 13.5. The van der Waals surface area contributed by atoms with E-state index < -0.39 is 0 Å². The lowest BCUT2D eigenvalue weighted by Crippen LogP contribution is -2.22. The van der Waals surface area contributed by atoms with Gasteiger partial charge in [-0.25, -0.2) is 0 Å². The number of anilines is 1. The number of benzene rings is 2. The molecule has 0 bridgehead atoms. The molecule has 37 heavy (non-hydrogen) atoms. The third-order valence-electron chi connectivity index (χ3n) is 6.29. The Balaban J connectivity index is 1.81. The summed E-state index contributed by atoms with van der Waals surface area (Å²) in [6, 6.07) is 15.1. The normalized spacial score (nSPS) is 11.2. The molecule has 1 heterocycles. The van der Waals surface area contributed by atoms with Crippen LogP contribution in [-0.2, 0) is 11.8 Å². The first-order chi connectivity index (χ1) is 18.0. The average molecular weight is 505 g/mol. The van der Waals surface area contributed by atoms with E-state index in [1.807, 2.05) is 42.5 Å². The summed E-state index contributed by atoms with van der Waals surface area (Å²) in [6.45, 7) is 5.30. The molecule has 0 aliphatic heterocycles. The van der Waals surface area contributed by atoms with Crippen LogP contribution in [-0.4, -0.2) is 23.7 Å². The zero-order valence-corrected chi connectivity index (χ0v) is 22.4. The molecule has 1 aromatic heterocycles. The smallest absolute Gasteiger partial charge is 0.297 e. The summed E-state index contributed by atoms with van der Waals surface area (Å²) in [4.78, 5) is 25.8. The number of amides is 1. The number of pyridine rings is 1. The molecule has 0 saturated carbocycles. The van der Waals surface area contributed by atoms with Gasteiger partial charge in [-0.1, -0.05) is 82.7 Å². The van der Waals surface area contributed by atoms with Crippen LogP contribution in [0.25, 0.3) is 17.0 Å². The zero-order valence-electron chi connectivity index (χ0n) is 22.4. The largest absolute Gasteiger partial charge is 0.489 e. The quantitative estimate of drug-likeness (QED) is 0.177. The van der Waals surface area contributed by atoms with Gasteiger partial charge >= 0.3 is 0 Å². The maximum Gasteiger partial charge on any atom is 0.297 e. The number of hydrogen-bond donors (Lipinski definition) is 1. The van der Waals surface area contributed by atoms with Crippen LogP contribution >= 0.6 is 0 Å². The minimum Gasteiger partial charge on any atom is -0.489 e. The number of aromatic nitrogens is 1. The molecule has 3 rings (SSSR count). The van der Waals surface area contributed by atoms with Crippen molar-refractivity contribution in [2.24, 2.45) is 7.05 Å². The summed E-state index contributed by atoms with van der Waals surface area (Å²) in [5, 5.41) is 3.67. The standard InChI is InChI=1S/C31H40N2O4/c1-4-6-8-9-10-14-22-37-30-29(36-21-7-5-2)26-19-18-25(23-27(26)33(3)31(30)35)32-28(34)20-17-24-15-12-11-13-16-24/h11-13,15-20,23H,4-10,14,21-22H2,1-3H3,(H,32,34). The maximum atomic E-state index is 13.3. The van der Waals surface area contributed by atoms with Gasteiger partial charge in [0.25, 0.3) is 5.56 Å². The van der Waals surface area contributed by atoms with E-state index in [1.54, 1.807) is 23.8 Å². The SMILES string of the molecule is CCCCCCCCOc1c(OCCCC)c2ccc(NC(=O)C=Cc3ccccc3)cc2n(C)c1=O. The molecule has 0 aliphatic rings. The number of ether oxygens (including phenoxy) is 2. The van der Waals surface area contributed by atoms with Gasteiger partial charge in [0, 0.05) is 24.2 Å². The number of nitrogens with one attached hydrogen (secondary N) is 1. The second-order valence-electron chi connectivity index (χ2n) is 9.31. The molecule has 0 atom stereocenters. The summed E-state index contributed by atoms with van der Waals surface area (Å²) in [5.74, 6) is 0.508. The van der Waals surface area contributed by atoms with Crippen molar-refractivity contribution in [3.63, 3.8) is 0 Å². The molecule has 0 aliphatic carbocycles. The molecule has 0 fully saturated rings. The third-order valence-corrected chi connectivity index (χ3v) is 6.29. The molecule has 0 spiro atoms. The number of carbonyl (C=O) groups excluding carboxylic acids is 1. The fourth-order valence-corrected chi connectivity index (χ4v) is 4.13. The topological polar surface area (TPSA) is 69.6 Å². The highest BCUT2D eigenvalue weighted by atomic mass is 16.5. The van der Waals surface area contributed by atoms with Crippen LogP contribution in [0.4, 0.5) is 5.69 Å². The number of aryl methyl sites for hydroxylation is 1. The van der Waals surface area contributed by atoms with E-state index in [0.29, 0.717) is 30.2 Å². The van der Waals surface area contributed by atoms with Gasteiger partial charge in [-0.15, -0.1) is 0 Å². The number of unbranched alkanes of at least 4 members (excludes halogenated alkanes) is 6. The fourth-order valence-electron chi connectivity index (χ4n) is 4.13. The molecule has 6 nitrogen and oxygen atoms in total. The van der Waals surface area contributed by atoms with Gasteiger partial charge in [0.1, 0.15) is 0 Å². The van der Waals surface area contributed by atoms with E-state index in [1.165, 1.54) is 31.8 Å². The third kappa shape index (κ3) is 8.24. The molecule has 198 valence electrons. The van der Waals surface area contributed by atoms with Crippen molar-refractivity contribution < 1.29 is 14.3 Å². The van der Waals surface area contributed by atoms with Crippen LogP contribution in [0.5, 0.6) is 11.5 Å². The second-order valence-corrected chi connectivity index (χ2v) is 9.31. The van der Waals surface area contributed by atoms with E-state index >= 15 is 0 Å². The minimum atomic E-state index is -0.244. The number of nitrogens with zero attached hydrogens (tertiary/aromatic N) is 1. The lowest BCUT2D eigenvalue weighted by atomic mass is 10.1. The Kier molecular flexibility index (Phi) is 11.3. The van der Waals surface area contributed by atoms with Gasteiger partial charge < -0.3 is 19.4 Å². The Morgan fingerprint density at radius 3 is 2.30 bits per heavy atom. The number of hydrogen-bond acceptors (Lipinski definition) is 4. The first-order valence-electron chi connectivity index (χ1n) is 13.5. The predicted octanol–water partition coefficient (Wildman–Crippen LogP) is 7.11. The van der Waals surface area contributed by atoms with E-state index in [4.69, 9.17) is 9.47 Å². The molecular weight excluding hydrogens is 464 g/mol. The van der Waals surface area contributed by atoms with Gasteiger partial charge in [0.05, 0.1) is 18.7 Å². The highest BCUT2D eigenvalue weighted by molar-refractivity contribution is 6.03. The van der Waals surface area contributed by atoms with E-state index in [-0.39, 0.29) is 17.2 Å². The Hall–Kier alpha value is -3.54. The van der Waals surface area contributed by atoms with Crippen molar-refractivity contribution in [1.29, 1.82) is 0 Å². The Labute approximate surface area is 220 Å². The lowest BCUT2D eigenvalue weighted by Gasteiger charge is -2.17. The van der Waals surface area contributed by atoms with E-state index in [9.17, 15) is 9.59 Å². The number of rotatable bonds is 15. The number of fused-ring (bicyclic) bond motifs is 1. The monoisotopic (exact) mass is 504 g/mol. The van der Waals surface area contributed by atoms with Gasteiger partial charge in [-0.2, -0.15) is 0 Å². The fraction of sp³-hybridized carbons (Fsp3) is 0.419. The van der Waals surface area contributed by atoms with Crippen LogP contribution in [0.1, 0.15) is 70.8 Å². The van der Waals surface area contributed by atoms with Crippen LogP contribution in [0.3, 0.4) is 0 Å². The molecule has 0 saturated heterocycles. The number of carbonyl (C=O) groups is 1. The van der Waals surface area contributed by atoms with Crippen molar-refractivity contribution in [2.75, 3.05) is 18.5 Å². The van der Waals surface area contributed by atoms with Crippen molar-refractivity contribution in [2.45, 2.75) is 65.2 Å². The second kappa shape index (κ2) is 14.9. The van der Waals surface area contributed by atoms with Gasteiger partial charge in [0.15, 0.2) is 5.75 Å². The highest BCUT2D eigenvalue weighted by Gasteiger charge is 2.19. The van der Waals surface area contributed by atoms with Crippen LogP contribution in [0, 0.1) is 0 Å². The van der Waals surface area contributed by atoms with E-state index in [2.05, 4.69) is 19.2 Å².